The predicted octanol–water partition coefficient (Wildman–Crippen LogP) is 5.11. The van der Waals surface area contributed by atoms with E-state index in [4.69, 9.17) is 22.2 Å². The molecule has 2 aliphatic heterocycles. The zero-order chi connectivity index (χ0) is 23.4. The average Bonchev–Trinajstić information content (AvgIpc) is 3.57. The van der Waals surface area contributed by atoms with E-state index in [1.807, 2.05) is 0 Å². The average molecular weight is 479 g/mol. The molecule has 6 nitrogen and oxygen atoms in total. The molecular formula is C27H38N6S. The zero-order valence-corrected chi connectivity index (χ0v) is 21.2. The van der Waals surface area contributed by atoms with Gasteiger partial charge in [0.25, 0.3) is 0 Å². The summed E-state index contributed by atoms with van der Waals surface area (Å²) >= 11 is 5.74. The highest BCUT2D eigenvalue weighted by atomic mass is 32.1. The van der Waals surface area contributed by atoms with Crippen molar-refractivity contribution in [1.29, 1.82) is 0 Å². The zero-order valence-electron chi connectivity index (χ0n) is 20.4. The molecule has 2 saturated heterocycles. The maximum absolute atomic E-state index is 5.74. The van der Waals surface area contributed by atoms with Crippen LogP contribution in [0.4, 0.5) is 17.6 Å². The molecule has 3 fully saturated rings. The molecular weight excluding hydrogens is 440 g/mol. The molecule has 1 atom stereocenters. The van der Waals surface area contributed by atoms with Gasteiger partial charge in [0.2, 0.25) is 5.95 Å². The topological polar surface area (TPSA) is 56.3 Å². The number of aromatic nitrogens is 2. The third-order valence-electron chi connectivity index (χ3n) is 7.87. The van der Waals surface area contributed by atoms with E-state index < -0.39 is 0 Å². The summed E-state index contributed by atoms with van der Waals surface area (Å²) in [6.07, 6.45) is 9.91. The Morgan fingerprint density at radius 1 is 0.971 bits per heavy atom. The molecule has 0 bridgehead atoms. The van der Waals surface area contributed by atoms with E-state index >= 15 is 0 Å². The van der Waals surface area contributed by atoms with Crippen LogP contribution in [0.1, 0.15) is 63.9 Å². The fraction of sp³-hybridized carbons (Fsp3) is 0.593. The smallest absolute Gasteiger partial charge is 0.232 e. The van der Waals surface area contributed by atoms with E-state index in [0.29, 0.717) is 17.0 Å². The molecule has 1 aromatic carbocycles. The molecule has 2 aromatic rings. The Kier molecular flexibility index (Phi) is 7.18. The fourth-order valence-electron chi connectivity index (χ4n) is 5.95. The third kappa shape index (κ3) is 5.29. The van der Waals surface area contributed by atoms with Crippen LogP contribution in [0, 0.1) is 5.92 Å². The highest BCUT2D eigenvalue weighted by Crippen LogP contribution is 2.40. The van der Waals surface area contributed by atoms with Gasteiger partial charge in [0.15, 0.2) is 5.11 Å². The molecule has 0 radical (unpaired) electrons. The number of hydrogen-bond donors (Lipinski definition) is 2. The highest BCUT2D eigenvalue weighted by Gasteiger charge is 2.35. The second-order valence-corrected chi connectivity index (χ2v) is 10.9. The Balaban J connectivity index is 1.31. The predicted molar refractivity (Wildman–Crippen MR) is 145 cm³/mol. The van der Waals surface area contributed by atoms with E-state index in [9.17, 15) is 0 Å². The number of benzene rings is 1. The van der Waals surface area contributed by atoms with Crippen LogP contribution in [0.3, 0.4) is 0 Å². The van der Waals surface area contributed by atoms with Gasteiger partial charge < -0.3 is 20.4 Å². The molecule has 182 valence electrons. The van der Waals surface area contributed by atoms with Gasteiger partial charge in [-0.2, -0.15) is 9.97 Å². The lowest BCUT2D eigenvalue weighted by Crippen LogP contribution is -2.41. The first-order valence-electron chi connectivity index (χ1n) is 13.1. The molecule has 2 N–H and O–H groups in total. The Morgan fingerprint density at radius 3 is 2.35 bits per heavy atom. The highest BCUT2D eigenvalue weighted by molar-refractivity contribution is 7.80. The minimum atomic E-state index is 0.153. The van der Waals surface area contributed by atoms with Gasteiger partial charge in [0.05, 0.1) is 0 Å². The van der Waals surface area contributed by atoms with Crippen molar-refractivity contribution < 1.29 is 0 Å². The van der Waals surface area contributed by atoms with Gasteiger partial charge in [-0.15, -0.1) is 0 Å². The van der Waals surface area contributed by atoms with Gasteiger partial charge >= 0.3 is 0 Å². The van der Waals surface area contributed by atoms with Crippen LogP contribution in [0.25, 0.3) is 0 Å². The molecule has 1 saturated carbocycles. The number of anilines is 3. The van der Waals surface area contributed by atoms with Crippen LogP contribution in [0.5, 0.6) is 0 Å². The number of nitrogens with one attached hydrogen (secondary N) is 2. The summed E-state index contributed by atoms with van der Waals surface area (Å²) in [5.74, 6) is 3.34. The minimum absolute atomic E-state index is 0.153. The lowest BCUT2D eigenvalue weighted by atomic mass is 9.79. The first-order chi connectivity index (χ1) is 16.6. The molecule has 1 unspecified atom stereocenters. The molecule has 7 heteroatoms. The van der Waals surface area contributed by atoms with Crippen LogP contribution in [0.2, 0.25) is 0 Å². The van der Waals surface area contributed by atoms with Crippen LogP contribution >= 0.6 is 12.2 Å². The van der Waals surface area contributed by atoms with Crippen molar-refractivity contribution in [3.05, 3.63) is 42.0 Å². The monoisotopic (exact) mass is 478 g/mol. The van der Waals surface area contributed by atoms with Crippen LogP contribution in [0.15, 0.2) is 36.4 Å². The summed E-state index contributed by atoms with van der Waals surface area (Å²) in [5, 5.41) is 7.46. The van der Waals surface area contributed by atoms with E-state index in [1.54, 1.807) is 0 Å². The van der Waals surface area contributed by atoms with Crippen molar-refractivity contribution in [2.45, 2.75) is 63.7 Å². The summed E-state index contributed by atoms with van der Waals surface area (Å²) in [4.78, 5) is 14.6. The second-order valence-electron chi connectivity index (χ2n) is 10.5. The summed E-state index contributed by atoms with van der Waals surface area (Å²) in [7, 11) is 0. The maximum atomic E-state index is 5.74. The Morgan fingerprint density at radius 2 is 1.65 bits per heavy atom. The number of nitrogens with zero attached hydrogens (tertiary/aromatic N) is 4. The van der Waals surface area contributed by atoms with Gasteiger partial charge in [-0.05, 0) is 62.2 Å². The molecule has 1 aromatic heterocycles. The maximum Gasteiger partial charge on any atom is 0.232 e. The standard InChI is InChI=1S/C27H38N6S/c1-21-10-9-17-33(19-21)24-18-23(32-15-7-8-16-32)29-25(30-24)31-26(34)28-20-27(13-5-6-14-27)22-11-3-2-4-12-22/h2-4,11-12,18,21H,5-10,13-17,19-20H2,1H3,(H2,28,29,30,31,34). The largest absolute Gasteiger partial charge is 0.361 e. The second kappa shape index (κ2) is 10.5. The van der Waals surface area contributed by atoms with Gasteiger partial charge in [0.1, 0.15) is 11.6 Å². The fourth-order valence-corrected chi connectivity index (χ4v) is 6.12. The number of hydrogen-bond acceptors (Lipinski definition) is 5. The summed E-state index contributed by atoms with van der Waals surface area (Å²) in [6.45, 7) is 7.41. The van der Waals surface area contributed by atoms with Crippen molar-refractivity contribution in [3.8, 4) is 0 Å². The summed E-state index contributed by atoms with van der Waals surface area (Å²) in [5.41, 5.74) is 1.57. The van der Waals surface area contributed by atoms with Gasteiger partial charge in [0, 0.05) is 44.2 Å². The van der Waals surface area contributed by atoms with Gasteiger partial charge in [-0.3, -0.25) is 0 Å². The van der Waals surface area contributed by atoms with Gasteiger partial charge in [-0.25, -0.2) is 0 Å². The Labute approximate surface area is 209 Å². The van der Waals surface area contributed by atoms with Crippen molar-refractivity contribution in [2.75, 3.05) is 47.8 Å². The summed E-state index contributed by atoms with van der Waals surface area (Å²) in [6, 6.07) is 13.1. The molecule has 3 heterocycles. The molecule has 3 aliphatic rings. The quantitative estimate of drug-likeness (QED) is 0.560. The van der Waals surface area contributed by atoms with Crippen molar-refractivity contribution in [3.63, 3.8) is 0 Å². The Bertz CT molecular complexity index is 968. The lowest BCUT2D eigenvalue weighted by molar-refractivity contribution is 0.435. The third-order valence-corrected chi connectivity index (χ3v) is 8.12. The number of piperidine rings is 1. The molecule has 0 amide bonds. The van der Waals surface area contributed by atoms with E-state index in [0.717, 1.165) is 44.4 Å². The first-order valence-corrected chi connectivity index (χ1v) is 13.5. The normalized spacial score (nSPS) is 22.1. The minimum Gasteiger partial charge on any atom is -0.361 e. The lowest BCUT2D eigenvalue weighted by Gasteiger charge is -2.33. The molecule has 5 rings (SSSR count). The van der Waals surface area contributed by atoms with Crippen molar-refractivity contribution >= 4 is 34.9 Å². The summed E-state index contributed by atoms with van der Waals surface area (Å²) < 4.78 is 0. The van der Waals surface area contributed by atoms with Crippen molar-refractivity contribution in [2.24, 2.45) is 5.92 Å². The van der Waals surface area contributed by atoms with Crippen LogP contribution in [-0.4, -0.2) is 47.8 Å². The number of rotatable bonds is 6. The van der Waals surface area contributed by atoms with E-state index in [1.165, 1.54) is 56.9 Å². The Hall–Kier alpha value is -2.41. The van der Waals surface area contributed by atoms with Crippen molar-refractivity contribution in [1.82, 2.24) is 15.3 Å². The van der Waals surface area contributed by atoms with E-state index in [2.05, 4.69) is 63.8 Å². The molecule has 34 heavy (non-hydrogen) atoms. The molecule has 0 spiro atoms. The SMILES string of the molecule is CC1CCCN(c2cc(N3CCCC3)nc(NC(=S)NCC3(c4ccccc4)CCCC3)n2)C1. The first kappa shape index (κ1) is 23.3. The number of thiocarbonyl (C=S) groups is 1. The molecule has 1 aliphatic carbocycles. The van der Waals surface area contributed by atoms with Crippen LogP contribution < -0.4 is 20.4 Å². The van der Waals surface area contributed by atoms with E-state index in [-0.39, 0.29) is 5.41 Å². The van der Waals surface area contributed by atoms with Crippen LogP contribution in [-0.2, 0) is 5.41 Å². The van der Waals surface area contributed by atoms with Gasteiger partial charge in [-0.1, -0.05) is 50.1 Å².